The summed E-state index contributed by atoms with van der Waals surface area (Å²) in [6, 6.07) is 18.3. The monoisotopic (exact) mass is 403 g/mol. The topological polar surface area (TPSA) is 54.3 Å². The fraction of sp³-hybridized carbons (Fsp3) is 0.375. The standard InChI is InChI=1S/C24H29N5O/c1-18-8-7-9-19(16-18)17-28(15-14-27(2)3)24(30)22-25-23(20-12-13-20)29(26-22)21-10-5-4-6-11-21/h4-11,16,20H,12-15,17H2,1-3H3. The first kappa shape index (κ1) is 20.3. The van der Waals surface area contributed by atoms with Crippen molar-refractivity contribution in [3.8, 4) is 5.69 Å². The first-order chi connectivity index (χ1) is 14.5. The van der Waals surface area contributed by atoms with Crippen molar-refractivity contribution < 1.29 is 4.79 Å². The van der Waals surface area contributed by atoms with E-state index >= 15 is 0 Å². The van der Waals surface area contributed by atoms with Gasteiger partial charge in [-0.05, 0) is 51.6 Å². The van der Waals surface area contributed by atoms with E-state index < -0.39 is 0 Å². The van der Waals surface area contributed by atoms with Gasteiger partial charge in [-0.15, -0.1) is 5.10 Å². The number of likely N-dealkylation sites (N-methyl/N-ethyl adjacent to an activating group) is 1. The van der Waals surface area contributed by atoms with Crippen molar-refractivity contribution in [1.29, 1.82) is 0 Å². The van der Waals surface area contributed by atoms with Crippen molar-refractivity contribution in [2.45, 2.75) is 32.2 Å². The molecule has 0 spiro atoms. The molecule has 30 heavy (non-hydrogen) atoms. The van der Waals surface area contributed by atoms with Crippen molar-refractivity contribution in [2.75, 3.05) is 27.2 Å². The van der Waals surface area contributed by atoms with Crippen molar-refractivity contribution in [1.82, 2.24) is 24.6 Å². The zero-order valence-corrected chi connectivity index (χ0v) is 18.0. The first-order valence-corrected chi connectivity index (χ1v) is 10.5. The number of para-hydroxylation sites is 1. The summed E-state index contributed by atoms with van der Waals surface area (Å²) in [7, 11) is 4.03. The van der Waals surface area contributed by atoms with E-state index in [1.54, 1.807) is 0 Å². The fourth-order valence-corrected chi connectivity index (χ4v) is 3.53. The number of amides is 1. The first-order valence-electron chi connectivity index (χ1n) is 10.5. The minimum Gasteiger partial charge on any atom is -0.330 e. The van der Waals surface area contributed by atoms with Crippen LogP contribution >= 0.6 is 0 Å². The van der Waals surface area contributed by atoms with Gasteiger partial charge in [-0.25, -0.2) is 9.67 Å². The van der Waals surface area contributed by atoms with E-state index in [0.717, 1.165) is 36.5 Å². The molecule has 1 heterocycles. The number of rotatable bonds is 8. The Morgan fingerprint density at radius 1 is 1.07 bits per heavy atom. The summed E-state index contributed by atoms with van der Waals surface area (Å²) in [5.41, 5.74) is 3.26. The summed E-state index contributed by atoms with van der Waals surface area (Å²) in [5, 5.41) is 4.65. The van der Waals surface area contributed by atoms with Gasteiger partial charge in [0.1, 0.15) is 5.82 Å². The molecule has 156 valence electrons. The minimum atomic E-state index is -0.116. The molecule has 6 heteroatoms. The fourth-order valence-electron chi connectivity index (χ4n) is 3.53. The number of hydrogen-bond acceptors (Lipinski definition) is 4. The number of nitrogens with zero attached hydrogens (tertiary/aromatic N) is 5. The molecule has 0 unspecified atom stereocenters. The van der Waals surface area contributed by atoms with E-state index in [1.165, 1.54) is 5.56 Å². The van der Waals surface area contributed by atoms with Gasteiger partial charge in [0.25, 0.3) is 5.91 Å². The van der Waals surface area contributed by atoms with Crippen LogP contribution in [0.1, 0.15) is 46.3 Å². The second-order valence-electron chi connectivity index (χ2n) is 8.33. The van der Waals surface area contributed by atoms with Gasteiger partial charge in [0.05, 0.1) is 5.69 Å². The zero-order chi connectivity index (χ0) is 21.1. The van der Waals surface area contributed by atoms with E-state index in [1.807, 2.05) is 60.1 Å². The molecule has 1 aromatic heterocycles. The Morgan fingerprint density at radius 3 is 2.50 bits per heavy atom. The molecule has 0 bridgehead atoms. The van der Waals surface area contributed by atoms with Gasteiger partial charge in [0, 0.05) is 25.6 Å². The SMILES string of the molecule is Cc1cccc(CN(CCN(C)C)C(=O)c2nc(C3CC3)n(-c3ccccc3)n2)c1. The molecule has 1 saturated carbocycles. The quantitative estimate of drug-likeness (QED) is 0.576. The van der Waals surface area contributed by atoms with Crippen LogP contribution in [0.15, 0.2) is 54.6 Å². The maximum atomic E-state index is 13.5. The summed E-state index contributed by atoms with van der Waals surface area (Å²) in [5.74, 6) is 1.46. The Morgan fingerprint density at radius 2 is 1.83 bits per heavy atom. The highest BCUT2D eigenvalue weighted by molar-refractivity contribution is 5.90. The Hall–Kier alpha value is -2.99. The number of benzene rings is 2. The molecule has 1 aliphatic carbocycles. The molecular formula is C24H29N5O. The predicted molar refractivity (Wildman–Crippen MR) is 118 cm³/mol. The lowest BCUT2D eigenvalue weighted by atomic mass is 10.1. The van der Waals surface area contributed by atoms with E-state index in [-0.39, 0.29) is 11.7 Å². The number of aryl methyl sites for hydroxylation is 1. The molecule has 0 saturated heterocycles. The number of hydrogen-bond donors (Lipinski definition) is 0. The molecule has 2 aromatic carbocycles. The Balaban J connectivity index is 1.63. The minimum absolute atomic E-state index is 0.116. The van der Waals surface area contributed by atoms with Crippen molar-refractivity contribution in [3.63, 3.8) is 0 Å². The molecule has 0 aliphatic heterocycles. The maximum Gasteiger partial charge on any atom is 0.293 e. The highest BCUT2D eigenvalue weighted by Gasteiger charge is 2.32. The zero-order valence-electron chi connectivity index (χ0n) is 18.0. The highest BCUT2D eigenvalue weighted by atomic mass is 16.2. The second-order valence-corrected chi connectivity index (χ2v) is 8.33. The van der Waals surface area contributed by atoms with Gasteiger partial charge >= 0.3 is 0 Å². The van der Waals surface area contributed by atoms with Crippen LogP contribution in [0.2, 0.25) is 0 Å². The highest BCUT2D eigenvalue weighted by Crippen LogP contribution is 2.39. The Kier molecular flexibility index (Phi) is 5.95. The van der Waals surface area contributed by atoms with E-state index in [2.05, 4.69) is 35.1 Å². The van der Waals surface area contributed by atoms with Gasteiger partial charge in [-0.2, -0.15) is 0 Å². The van der Waals surface area contributed by atoms with Crippen molar-refractivity contribution in [3.05, 3.63) is 77.4 Å². The molecule has 1 aliphatic rings. The molecule has 0 atom stereocenters. The van der Waals surface area contributed by atoms with Crippen molar-refractivity contribution >= 4 is 5.91 Å². The molecular weight excluding hydrogens is 374 g/mol. The van der Waals surface area contributed by atoms with Crippen LogP contribution in [0.3, 0.4) is 0 Å². The summed E-state index contributed by atoms with van der Waals surface area (Å²) in [6.07, 6.45) is 2.21. The van der Waals surface area contributed by atoms with Crippen LogP contribution < -0.4 is 0 Å². The Bertz CT molecular complexity index is 1010. The molecule has 4 rings (SSSR count). The molecule has 3 aromatic rings. The number of carbonyl (C=O) groups is 1. The van der Waals surface area contributed by atoms with Crippen LogP contribution in [-0.2, 0) is 6.54 Å². The third-order valence-electron chi connectivity index (χ3n) is 5.33. The predicted octanol–water partition coefficient (Wildman–Crippen LogP) is 3.66. The van der Waals surface area contributed by atoms with Crippen LogP contribution in [0, 0.1) is 6.92 Å². The van der Waals surface area contributed by atoms with Gasteiger partial charge in [0.15, 0.2) is 0 Å². The molecule has 1 fully saturated rings. The smallest absolute Gasteiger partial charge is 0.293 e. The lowest BCUT2D eigenvalue weighted by Crippen LogP contribution is -2.37. The number of carbonyl (C=O) groups excluding carboxylic acids is 1. The number of aromatic nitrogens is 3. The maximum absolute atomic E-state index is 13.5. The van der Waals surface area contributed by atoms with E-state index in [9.17, 15) is 4.79 Å². The lowest BCUT2D eigenvalue weighted by Gasteiger charge is -2.23. The van der Waals surface area contributed by atoms with Crippen LogP contribution in [0.5, 0.6) is 0 Å². The van der Waals surface area contributed by atoms with E-state index in [0.29, 0.717) is 19.0 Å². The summed E-state index contributed by atoms with van der Waals surface area (Å²) >= 11 is 0. The van der Waals surface area contributed by atoms with Gasteiger partial charge in [-0.1, -0.05) is 48.0 Å². The third kappa shape index (κ3) is 4.76. The van der Waals surface area contributed by atoms with Crippen LogP contribution in [0.4, 0.5) is 0 Å². The van der Waals surface area contributed by atoms with Gasteiger partial charge < -0.3 is 9.80 Å². The largest absolute Gasteiger partial charge is 0.330 e. The van der Waals surface area contributed by atoms with Crippen LogP contribution in [-0.4, -0.2) is 57.7 Å². The van der Waals surface area contributed by atoms with Crippen LogP contribution in [0.25, 0.3) is 5.69 Å². The average molecular weight is 404 g/mol. The average Bonchev–Trinajstić information content (AvgIpc) is 3.49. The molecule has 0 radical (unpaired) electrons. The molecule has 1 amide bonds. The summed E-state index contributed by atoms with van der Waals surface area (Å²) < 4.78 is 1.85. The third-order valence-corrected chi connectivity index (χ3v) is 5.33. The van der Waals surface area contributed by atoms with E-state index in [4.69, 9.17) is 4.98 Å². The molecule has 0 N–H and O–H groups in total. The van der Waals surface area contributed by atoms with Gasteiger partial charge in [-0.3, -0.25) is 4.79 Å². The van der Waals surface area contributed by atoms with Gasteiger partial charge in [0.2, 0.25) is 5.82 Å². The summed E-state index contributed by atoms with van der Waals surface area (Å²) in [6.45, 7) is 4.03. The normalized spacial score (nSPS) is 13.6. The lowest BCUT2D eigenvalue weighted by molar-refractivity contribution is 0.0719. The Labute approximate surface area is 178 Å². The van der Waals surface area contributed by atoms with Crippen molar-refractivity contribution in [2.24, 2.45) is 0 Å². The summed E-state index contributed by atoms with van der Waals surface area (Å²) in [4.78, 5) is 22.1. The molecule has 6 nitrogen and oxygen atoms in total. The second kappa shape index (κ2) is 8.79.